The van der Waals surface area contributed by atoms with Crippen molar-refractivity contribution in [2.24, 2.45) is 5.92 Å². The molecule has 0 rings (SSSR count). The van der Waals surface area contributed by atoms with Gasteiger partial charge in [-0.3, -0.25) is 14.4 Å². The van der Waals surface area contributed by atoms with Crippen LogP contribution in [0.15, 0.2) is 0 Å². The molecule has 0 aliphatic rings. The van der Waals surface area contributed by atoms with Crippen molar-refractivity contribution in [1.29, 1.82) is 0 Å². The van der Waals surface area contributed by atoms with Gasteiger partial charge in [0.2, 0.25) is 0 Å². The van der Waals surface area contributed by atoms with Crippen molar-refractivity contribution in [3.63, 3.8) is 0 Å². The Labute approximate surface area is 75.7 Å². The van der Waals surface area contributed by atoms with Crippen molar-refractivity contribution in [3.05, 3.63) is 0 Å². The number of ether oxygens (including phenoxy) is 1. The molecule has 5 nitrogen and oxygen atoms in total. The molecule has 0 aliphatic heterocycles. The Morgan fingerprint density at radius 3 is 2.23 bits per heavy atom. The van der Waals surface area contributed by atoms with Gasteiger partial charge < -0.3 is 9.84 Å². The maximum absolute atomic E-state index is 11.1. The Hall–Kier alpha value is -1.23. The van der Waals surface area contributed by atoms with Crippen LogP contribution in [0.25, 0.3) is 0 Å². The van der Waals surface area contributed by atoms with Crippen LogP contribution in [-0.2, 0) is 19.1 Å². The molecule has 0 aromatic heterocycles. The summed E-state index contributed by atoms with van der Waals surface area (Å²) in [7, 11) is 1.40. The van der Waals surface area contributed by atoms with Crippen molar-refractivity contribution in [3.8, 4) is 0 Å². The fourth-order valence-electron chi connectivity index (χ4n) is 0.885. The predicted molar refractivity (Wildman–Crippen MR) is 43.3 cm³/mol. The van der Waals surface area contributed by atoms with Gasteiger partial charge in [0.25, 0.3) is 0 Å². The molecule has 1 atom stereocenters. The van der Waals surface area contributed by atoms with Crippen LogP contribution in [0.3, 0.4) is 0 Å². The Morgan fingerprint density at radius 2 is 1.92 bits per heavy atom. The number of rotatable bonds is 6. The number of Topliss-reactive ketones (excluding diaryl/α,β-unsaturated/α-hetero) is 2. The second-order valence-corrected chi connectivity index (χ2v) is 2.59. The molecular formula is C8H12O5. The molecule has 0 heterocycles. The third kappa shape index (κ3) is 3.80. The summed E-state index contributed by atoms with van der Waals surface area (Å²) in [5, 5.41) is 8.53. The third-order valence-corrected chi connectivity index (χ3v) is 1.53. The lowest BCUT2D eigenvalue weighted by atomic mass is 9.98. The van der Waals surface area contributed by atoms with Crippen LogP contribution in [-0.4, -0.2) is 36.4 Å². The number of carbonyl (C=O) groups is 3. The monoisotopic (exact) mass is 188 g/mol. The summed E-state index contributed by atoms with van der Waals surface area (Å²) in [6.45, 7) is 1.22. The number of hydrogen-bond acceptors (Lipinski definition) is 4. The van der Waals surface area contributed by atoms with Gasteiger partial charge in [0.05, 0.1) is 6.61 Å². The predicted octanol–water partition coefficient (Wildman–Crippen LogP) is -0.118. The van der Waals surface area contributed by atoms with Crippen LogP contribution < -0.4 is 0 Å². The fraction of sp³-hybridized carbons (Fsp3) is 0.625. The summed E-state index contributed by atoms with van der Waals surface area (Å²) in [4.78, 5) is 32.3. The summed E-state index contributed by atoms with van der Waals surface area (Å²) >= 11 is 0. The van der Waals surface area contributed by atoms with Gasteiger partial charge in [0.15, 0.2) is 17.5 Å². The molecule has 0 aliphatic carbocycles. The summed E-state index contributed by atoms with van der Waals surface area (Å²) in [5.74, 6) is -4.18. The highest BCUT2D eigenvalue weighted by Crippen LogP contribution is 2.04. The third-order valence-electron chi connectivity index (χ3n) is 1.53. The zero-order valence-electron chi connectivity index (χ0n) is 7.57. The summed E-state index contributed by atoms with van der Waals surface area (Å²) in [6, 6.07) is 0. The van der Waals surface area contributed by atoms with Gasteiger partial charge in [0.1, 0.15) is 0 Å². The lowest BCUT2D eigenvalue weighted by molar-refractivity contribution is -0.150. The second-order valence-electron chi connectivity index (χ2n) is 2.59. The molecule has 0 aromatic carbocycles. The van der Waals surface area contributed by atoms with Crippen molar-refractivity contribution in [2.45, 2.75) is 13.3 Å². The van der Waals surface area contributed by atoms with E-state index in [1.807, 2.05) is 0 Å². The molecule has 0 saturated heterocycles. The summed E-state index contributed by atoms with van der Waals surface area (Å²) < 4.78 is 4.60. The smallest absolute Gasteiger partial charge is 0.321 e. The lowest BCUT2D eigenvalue weighted by Crippen LogP contribution is -2.30. The topological polar surface area (TPSA) is 80.7 Å². The highest BCUT2D eigenvalue weighted by atomic mass is 16.5. The van der Waals surface area contributed by atoms with Crippen molar-refractivity contribution < 1.29 is 24.2 Å². The normalized spacial score (nSPS) is 12.2. The van der Waals surface area contributed by atoms with Crippen LogP contribution in [0.4, 0.5) is 0 Å². The van der Waals surface area contributed by atoms with E-state index in [4.69, 9.17) is 5.11 Å². The van der Waals surface area contributed by atoms with Crippen molar-refractivity contribution >= 4 is 17.5 Å². The second kappa shape index (κ2) is 5.42. The molecule has 0 spiro atoms. The number of ketones is 2. The van der Waals surface area contributed by atoms with E-state index in [-0.39, 0.29) is 13.0 Å². The Kier molecular flexibility index (Phi) is 4.91. The van der Waals surface area contributed by atoms with Crippen LogP contribution in [0.2, 0.25) is 0 Å². The number of hydrogen-bond donors (Lipinski definition) is 1. The quantitative estimate of drug-likeness (QED) is 0.588. The van der Waals surface area contributed by atoms with Gasteiger partial charge >= 0.3 is 5.97 Å². The average molecular weight is 188 g/mol. The van der Waals surface area contributed by atoms with Gasteiger partial charge in [-0.1, -0.05) is 0 Å². The maximum atomic E-state index is 11.1. The van der Waals surface area contributed by atoms with Crippen LogP contribution in [0.1, 0.15) is 13.3 Å². The van der Waals surface area contributed by atoms with Gasteiger partial charge in [-0.25, -0.2) is 0 Å². The Bertz CT molecular complexity index is 207. The highest BCUT2D eigenvalue weighted by molar-refractivity contribution is 6.16. The minimum absolute atomic E-state index is 0.0486. The average Bonchev–Trinajstić information content (AvgIpc) is 1.99. The molecule has 0 aromatic rings. The lowest BCUT2D eigenvalue weighted by Gasteiger charge is -2.06. The van der Waals surface area contributed by atoms with Gasteiger partial charge in [-0.2, -0.15) is 0 Å². The molecule has 0 radical (unpaired) electrons. The molecule has 0 saturated carbocycles. The van der Waals surface area contributed by atoms with Gasteiger partial charge in [-0.05, 0) is 6.92 Å². The minimum atomic E-state index is -1.53. The SMILES string of the molecule is COCCC(=O)C(C(C)=O)C(=O)O. The summed E-state index contributed by atoms with van der Waals surface area (Å²) in [5.41, 5.74) is 0. The van der Waals surface area contributed by atoms with E-state index in [0.29, 0.717) is 0 Å². The van der Waals surface area contributed by atoms with Crippen LogP contribution in [0.5, 0.6) is 0 Å². The number of carboxylic acids is 1. The van der Waals surface area contributed by atoms with Crippen LogP contribution in [0, 0.1) is 5.92 Å². The first-order chi connectivity index (χ1) is 6.00. The van der Waals surface area contributed by atoms with E-state index >= 15 is 0 Å². The molecule has 0 fully saturated rings. The first-order valence-corrected chi connectivity index (χ1v) is 3.75. The molecule has 1 N–H and O–H groups in total. The van der Waals surface area contributed by atoms with Gasteiger partial charge in [-0.15, -0.1) is 0 Å². The standard InChI is InChI=1S/C8H12O5/c1-5(9)7(8(11)12)6(10)3-4-13-2/h7H,3-4H2,1-2H3,(H,11,12). The largest absolute Gasteiger partial charge is 0.480 e. The van der Waals surface area contributed by atoms with E-state index in [1.165, 1.54) is 7.11 Å². The molecule has 74 valence electrons. The number of carboxylic acid groups (broad SMARTS) is 1. The van der Waals surface area contributed by atoms with Crippen LogP contribution >= 0.6 is 0 Å². The first-order valence-electron chi connectivity index (χ1n) is 3.75. The fourth-order valence-corrected chi connectivity index (χ4v) is 0.885. The summed E-state index contributed by atoms with van der Waals surface area (Å²) in [6.07, 6.45) is -0.0486. The molecular weight excluding hydrogens is 176 g/mol. The number of carbonyl (C=O) groups excluding carboxylic acids is 2. The Morgan fingerprint density at radius 1 is 1.38 bits per heavy atom. The minimum Gasteiger partial charge on any atom is -0.480 e. The molecule has 1 unspecified atom stereocenters. The first kappa shape index (κ1) is 11.8. The number of methoxy groups -OCH3 is 1. The van der Waals surface area contributed by atoms with E-state index in [1.54, 1.807) is 0 Å². The Balaban J connectivity index is 4.30. The van der Waals surface area contributed by atoms with Crippen molar-refractivity contribution in [1.82, 2.24) is 0 Å². The van der Waals surface area contributed by atoms with E-state index in [9.17, 15) is 14.4 Å². The molecule has 13 heavy (non-hydrogen) atoms. The zero-order valence-corrected chi connectivity index (χ0v) is 7.57. The van der Waals surface area contributed by atoms with E-state index in [0.717, 1.165) is 6.92 Å². The number of aliphatic carboxylic acids is 1. The molecule has 5 heteroatoms. The molecule has 0 bridgehead atoms. The highest BCUT2D eigenvalue weighted by Gasteiger charge is 2.29. The van der Waals surface area contributed by atoms with Gasteiger partial charge in [0, 0.05) is 13.5 Å². The maximum Gasteiger partial charge on any atom is 0.321 e. The van der Waals surface area contributed by atoms with E-state index < -0.39 is 23.5 Å². The zero-order chi connectivity index (χ0) is 10.4. The molecule has 0 amide bonds. The van der Waals surface area contributed by atoms with Crippen molar-refractivity contribution in [2.75, 3.05) is 13.7 Å². The van der Waals surface area contributed by atoms with E-state index in [2.05, 4.69) is 4.74 Å².